The maximum atomic E-state index is 6.14. The van der Waals surface area contributed by atoms with Crippen LogP contribution in [0.25, 0.3) is 0 Å². The van der Waals surface area contributed by atoms with Crippen molar-refractivity contribution in [3.63, 3.8) is 0 Å². The van der Waals surface area contributed by atoms with Gasteiger partial charge in [0.15, 0.2) is 0 Å². The highest BCUT2D eigenvalue weighted by Gasteiger charge is 2.10. The molecule has 0 aliphatic rings. The van der Waals surface area contributed by atoms with E-state index in [1.807, 2.05) is 18.2 Å². The van der Waals surface area contributed by atoms with Crippen molar-refractivity contribution in [1.29, 1.82) is 0 Å². The topological polar surface area (TPSA) is 9.23 Å². The highest BCUT2D eigenvalue weighted by Crippen LogP contribution is 2.38. The van der Waals surface area contributed by atoms with Crippen LogP contribution in [0.15, 0.2) is 39.3 Å². The van der Waals surface area contributed by atoms with E-state index >= 15 is 0 Å². The molecule has 100 valence electrons. The van der Waals surface area contributed by atoms with Crippen molar-refractivity contribution >= 4 is 71.0 Å². The van der Waals surface area contributed by atoms with E-state index in [0.29, 0.717) is 21.1 Å². The van der Waals surface area contributed by atoms with E-state index < -0.39 is 0 Å². The van der Waals surface area contributed by atoms with Crippen LogP contribution in [0.3, 0.4) is 0 Å². The predicted octanol–water partition coefficient (Wildman–Crippen LogP) is 7.21. The van der Waals surface area contributed by atoms with E-state index in [1.165, 1.54) is 0 Å². The Morgan fingerprint density at radius 1 is 0.947 bits per heavy atom. The lowest BCUT2D eigenvalue weighted by atomic mass is 10.2. The molecule has 0 saturated heterocycles. The molecule has 0 aliphatic heterocycles. The third-order valence-electron chi connectivity index (χ3n) is 2.36. The van der Waals surface area contributed by atoms with E-state index in [-0.39, 0.29) is 0 Å². The van der Waals surface area contributed by atoms with Gasteiger partial charge in [-0.25, -0.2) is 0 Å². The zero-order valence-electron chi connectivity index (χ0n) is 9.39. The molecule has 2 rings (SSSR count). The summed E-state index contributed by atoms with van der Waals surface area (Å²) in [5.74, 6) is 1.26. The average molecular weight is 490 g/mol. The number of hydrogen-bond acceptors (Lipinski definition) is 1. The van der Waals surface area contributed by atoms with Gasteiger partial charge >= 0.3 is 0 Å². The first-order valence-corrected chi connectivity index (χ1v) is 8.64. The monoisotopic (exact) mass is 486 g/mol. The van der Waals surface area contributed by atoms with E-state index in [9.17, 15) is 0 Å². The van der Waals surface area contributed by atoms with Gasteiger partial charge in [0.25, 0.3) is 0 Å². The van der Waals surface area contributed by atoms with Gasteiger partial charge in [-0.3, -0.25) is 0 Å². The van der Waals surface area contributed by atoms with Gasteiger partial charge < -0.3 is 4.74 Å². The smallest absolute Gasteiger partial charge is 0.147 e. The Balaban J connectivity index is 2.39. The van der Waals surface area contributed by atoms with Gasteiger partial charge in [0.05, 0.1) is 10.0 Å². The van der Waals surface area contributed by atoms with Gasteiger partial charge in [0, 0.05) is 25.9 Å². The third-order valence-corrected chi connectivity index (χ3v) is 4.95. The van der Waals surface area contributed by atoms with Crippen LogP contribution >= 0.6 is 71.0 Å². The summed E-state index contributed by atoms with van der Waals surface area (Å²) in [7, 11) is 0. The Kier molecular flexibility index (Phi) is 5.61. The molecule has 2 aromatic carbocycles. The molecule has 0 saturated carbocycles. The number of alkyl halides is 1. The first kappa shape index (κ1) is 15.6. The fourth-order valence-corrected chi connectivity index (χ4v) is 3.13. The normalized spacial score (nSPS) is 10.6. The van der Waals surface area contributed by atoms with Crippen LogP contribution in [-0.4, -0.2) is 0 Å². The molecule has 6 heteroatoms. The first-order valence-electron chi connectivity index (χ1n) is 5.18. The van der Waals surface area contributed by atoms with E-state index in [1.54, 1.807) is 12.1 Å². The lowest BCUT2D eigenvalue weighted by Gasteiger charge is -2.12. The molecule has 0 radical (unpaired) electrons. The number of ether oxygens (including phenoxy) is 1. The lowest BCUT2D eigenvalue weighted by molar-refractivity contribution is 0.478. The maximum Gasteiger partial charge on any atom is 0.147 e. The quantitative estimate of drug-likeness (QED) is 0.327. The molecule has 19 heavy (non-hydrogen) atoms. The minimum Gasteiger partial charge on any atom is -0.455 e. The molecular weight excluding hydrogens is 483 g/mol. The average Bonchev–Trinajstić information content (AvgIpc) is 2.37. The second-order valence-corrected chi connectivity index (χ2v) is 6.83. The molecule has 2 aromatic rings. The van der Waals surface area contributed by atoms with Crippen molar-refractivity contribution in [2.75, 3.05) is 0 Å². The van der Waals surface area contributed by atoms with Gasteiger partial charge in [-0.05, 0) is 40.2 Å². The van der Waals surface area contributed by atoms with Crippen LogP contribution in [0.5, 0.6) is 11.5 Å². The van der Waals surface area contributed by atoms with Crippen molar-refractivity contribution in [3.05, 3.63) is 54.9 Å². The summed E-state index contributed by atoms with van der Waals surface area (Å²) in [5, 5.41) is 1.74. The first-order chi connectivity index (χ1) is 9.01. The Labute approximate surface area is 146 Å². The van der Waals surface area contributed by atoms with Crippen LogP contribution < -0.4 is 4.74 Å². The zero-order chi connectivity index (χ0) is 14.0. The van der Waals surface area contributed by atoms with Gasteiger partial charge in [0.2, 0.25) is 0 Å². The van der Waals surface area contributed by atoms with Crippen molar-refractivity contribution < 1.29 is 4.74 Å². The van der Waals surface area contributed by atoms with Crippen LogP contribution in [0.2, 0.25) is 10.0 Å². The summed E-state index contributed by atoms with van der Waals surface area (Å²) in [5.41, 5.74) is 1.02. The molecule has 0 amide bonds. The number of rotatable bonds is 3. The summed E-state index contributed by atoms with van der Waals surface area (Å²) in [4.78, 5) is 0. The molecule has 0 aliphatic carbocycles. The Hall–Kier alpha value is 0.260. The largest absolute Gasteiger partial charge is 0.455 e. The van der Waals surface area contributed by atoms with Crippen molar-refractivity contribution in [2.45, 2.75) is 5.33 Å². The molecule has 0 spiro atoms. The molecule has 0 atom stereocenters. The predicted molar refractivity (Wildman–Crippen MR) is 91.0 cm³/mol. The second-order valence-electron chi connectivity index (χ2n) is 3.68. The van der Waals surface area contributed by atoms with Crippen LogP contribution in [0, 0.1) is 0 Å². The lowest BCUT2D eigenvalue weighted by Crippen LogP contribution is -1.91. The Bertz CT molecular complexity index is 617. The number of benzene rings is 2. The summed E-state index contributed by atoms with van der Waals surface area (Å²) in [6.45, 7) is 0. The fourth-order valence-electron chi connectivity index (χ4n) is 1.45. The summed E-state index contributed by atoms with van der Waals surface area (Å²) >= 11 is 22.4. The molecule has 0 N–H and O–H groups in total. The molecule has 0 aromatic heterocycles. The fraction of sp³-hybridized carbons (Fsp3) is 0.0769. The van der Waals surface area contributed by atoms with Crippen molar-refractivity contribution in [1.82, 2.24) is 0 Å². The van der Waals surface area contributed by atoms with Gasteiger partial charge in [0.1, 0.15) is 11.5 Å². The van der Waals surface area contributed by atoms with Crippen LogP contribution in [0.4, 0.5) is 0 Å². The SMILES string of the molecule is Clc1cc(Oc2ccc(Br)cc2CBr)c(Cl)cc1Br. The molecular formula is C13H7Br3Cl2O. The number of hydrogen-bond donors (Lipinski definition) is 0. The van der Waals surface area contributed by atoms with E-state index in [0.717, 1.165) is 20.3 Å². The van der Waals surface area contributed by atoms with E-state index in [2.05, 4.69) is 47.8 Å². The van der Waals surface area contributed by atoms with Crippen molar-refractivity contribution in [2.24, 2.45) is 0 Å². The zero-order valence-corrected chi connectivity index (χ0v) is 15.7. The minimum absolute atomic E-state index is 0.500. The third kappa shape index (κ3) is 3.88. The number of halogens is 5. The maximum absolute atomic E-state index is 6.14. The van der Waals surface area contributed by atoms with Crippen LogP contribution in [0.1, 0.15) is 5.56 Å². The standard InChI is InChI=1S/C13H7Br3Cl2O/c14-6-7-3-8(15)1-2-12(7)19-13-5-10(17)9(16)4-11(13)18/h1-5H,6H2. The minimum atomic E-state index is 0.500. The molecule has 1 nitrogen and oxygen atoms in total. The molecule has 0 fully saturated rings. The Morgan fingerprint density at radius 3 is 2.37 bits per heavy atom. The van der Waals surface area contributed by atoms with Crippen LogP contribution in [-0.2, 0) is 5.33 Å². The molecule has 0 unspecified atom stereocenters. The van der Waals surface area contributed by atoms with Gasteiger partial charge in [-0.1, -0.05) is 55.1 Å². The highest BCUT2D eigenvalue weighted by atomic mass is 79.9. The van der Waals surface area contributed by atoms with E-state index in [4.69, 9.17) is 27.9 Å². The summed E-state index contributed by atoms with van der Waals surface area (Å²) in [6, 6.07) is 9.18. The van der Waals surface area contributed by atoms with Gasteiger partial charge in [-0.2, -0.15) is 0 Å². The summed E-state index contributed by atoms with van der Waals surface area (Å²) < 4.78 is 7.57. The molecule has 0 bridgehead atoms. The van der Waals surface area contributed by atoms with Gasteiger partial charge in [-0.15, -0.1) is 0 Å². The highest BCUT2D eigenvalue weighted by molar-refractivity contribution is 9.10. The van der Waals surface area contributed by atoms with Crippen molar-refractivity contribution in [3.8, 4) is 11.5 Å². The summed E-state index contributed by atoms with van der Waals surface area (Å²) in [6.07, 6.45) is 0. The Morgan fingerprint density at radius 2 is 1.68 bits per heavy atom. The second kappa shape index (κ2) is 6.81. The molecule has 0 heterocycles.